The summed E-state index contributed by atoms with van der Waals surface area (Å²) in [6.07, 6.45) is 1.91. The Bertz CT molecular complexity index is 1110. The Kier molecular flexibility index (Phi) is 8.18. The molecule has 0 unspecified atom stereocenters. The Labute approximate surface area is 203 Å². The Hall–Kier alpha value is -3.78. The van der Waals surface area contributed by atoms with Gasteiger partial charge in [0.2, 0.25) is 0 Å². The molecule has 0 N–H and O–H groups in total. The molecule has 4 aromatic carbocycles. The second kappa shape index (κ2) is 11.9. The van der Waals surface area contributed by atoms with Gasteiger partial charge in [0.05, 0.1) is 13.2 Å². The van der Waals surface area contributed by atoms with E-state index in [2.05, 4.69) is 111 Å². The second-order valence-electron chi connectivity index (χ2n) is 8.17. The molecule has 0 spiro atoms. The van der Waals surface area contributed by atoms with Crippen LogP contribution in [0.2, 0.25) is 0 Å². The minimum Gasteiger partial charge on any atom is -0.493 e. The summed E-state index contributed by atoms with van der Waals surface area (Å²) in [5.74, 6) is 1.78. The highest BCUT2D eigenvalue weighted by atomic mass is 16.5. The number of hydrogen-bond donors (Lipinski definition) is 0. The SMILES string of the molecule is CCCOc1ccccc1C(=C(c1ccccc1)c1ccccc1OCCC)c1ccccc1. The van der Waals surface area contributed by atoms with Gasteiger partial charge in [0.1, 0.15) is 11.5 Å². The van der Waals surface area contributed by atoms with Crippen LogP contribution in [-0.4, -0.2) is 13.2 Å². The average Bonchev–Trinajstić information content (AvgIpc) is 2.91. The van der Waals surface area contributed by atoms with Crippen molar-refractivity contribution in [1.29, 1.82) is 0 Å². The van der Waals surface area contributed by atoms with E-state index in [-0.39, 0.29) is 0 Å². The topological polar surface area (TPSA) is 18.5 Å². The summed E-state index contributed by atoms with van der Waals surface area (Å²) in [6.45, 7) is 5.62. The number of benzene rings is 4. The van der Waals surface area contributed by atoms with Gasteiger partial charge < -0.3 is 9.47 Å². The molecule has 0 amide bonds. The largest absolute Gasteiger partial charge is 0.493 e. The highest BCUT2D eigenvalue weighted by Crippen LogP contribution is 2.42. The first-order chi connectivity index (χ1) is 16.8. The van der Waals surface area contributed by atoms with Gasteiger partial charge in [0.15, 0.2) is 0 Å². The van der Waals surface area contributed by atoms with Gasteiger partial charge in [0.25, 0.3) is 0 Å². The van der Waals surface area contributed by atoms with Crippen LogP contribution in [0.4, 0.5) is 0 Å². The van der Waals surface area contributed by atoms with Gasteiger partial charge in [0, 0.05) is 22.3 Å². The van der Waals surface area contributed by atoms with E-state index in [9.17, 15) is 0 Å². The highest BCUT2D eigenvalue weighted by molar-refractivity contribution is 6.06. The van der Waals surface area contributed by atoms with Gasteiger partial charge in [-0.15, -0.1) is 0 Å². The van der Waals surface area contributed by atoms with Gasteiger partial charge in [-0.1, -0.05) is 111 Å². The van der Waals surface area contributed by atoms with Crippen molar-refractivity contribution in [2.45, 2.75) is 26.7 Å². The second-order valence-corrected chi connectivity index (χ2v) is 8.17. The van der Waals surface area contributed by atoms with Gasteiger partial charge in [-0.3, -0.25) is 0 Å². The van der Waals surface area contributed by atoms with Crippen molar-refractivity contribution in [3.05, 3.63) is 131 Å². The van der Waals surface area contributed by atoms with E-state index in [0.29, 0.717) is 13.2 Å². The molecule has 34 heavy (non-hydrogen) atoms. The molecule has 4 rings (SSSR count). The minimum atomic E-state index is 0.677. The molecule has 2 nitrogen and oxygen atoms in total. The molecule has 2 heteroatoms. The van der Waals surface area contributed by atoms with E-state index < -0.39 is 0 Å². The van der Waals surface area contributed by atoms with E-state index in [1.807, 2.05) is 12.1 Å². The van der Waals surface area contributed by atoms with Crippen LogP contribution in [0, 0.1) is 0 Å². The van der Waals surface area contributed by atoms with Crippen LogP contribution in [0.25, 0.3) is 11.1 Å². The predicted molar refractivity (Wildman–Crippen MR) is 142 cm³/mol. The maximum atomic E-state index is 6.24. The molecule has 0 saturated heterocycles. The molecule has 0 aliphatic rings. The zero-order valence-electron chi connectivity index (χ0n) is 20.0. The third kappa shape index (κ3) is 5.40. The Morgan fingerprint density at radius 3 is 1.21 bits per heavy atom. The summed E-state index contributed by atoms with van der Waals surface area (Å²) in [4.78, 5) is 0. The summed E-state index contributed by atoms with van der Waals surface area (Å²) >= 11 is 0. The van der Waals surface area contributed by atoms with Crippen LogP contribution in [0.5, 0.6) is 11.5 Å². The van der Waals surface area contributed by atoms with Crippen molar-refractivity contribution < 1.29 is 9.47 Å². The Balaban J connectivity index is 2.08. The molecule has 4 aromatic rings. The van der Waals surface area contributed by atoms with Crippen LogP contribution in [0.15, 0.2) is 109 Å². The maximum absolute atomic E-state index is 6.24. The average molecular weight is 449 g/mol. The summed E-state index contributed by atoms with van der Waals surface area (Å²) in [5, 5.41) is 0. The van der Waals surface area contributed by atoms with Gasteiger partial charge >= 0.3 is 0 Å². The zero-order chi connectivity index (χ0) is 23.6. The molecular weight excluding hydrogens is 416 g/mol. The molecule has 0 bridgehead atoms. The first kappa shape index (κ1) is 23.4. The smallest absolute Gasteiger partial charge is 0.127 e. The molecule has 172 valence electrons. The predicted octanol–water partition coefficient (Wildman–Crippen LogP) is 8.27. The molecule has 0 aliphatic carbocycles. The van der Waals surface area contributed by atoms with E-state index in [0.717, 1.165) is 57.7 Å². The fourth-order valence-electron chi connectivity index (χ4n) is 4.10. The summed E-state index contributed by atoms with van der Waals surface area (Å²) in [6, 6.07) is 37.8. The number of hydrogen-bond acceptors (Lipinski definition) is 2. The van der Waals surface area contributed by atoms with Crippen molar-refractivity contribution in [1.82, 2.24) is 0 Å². The van der Waals surface area contributed by atoms with Gasteiger partial charge in [-0.25, -0.2) is 0 Å². The lowest BCUT2D eigenvalue weighted by Crippen LogP contribution is -2.04. The van der Waals surface area contributed by atoms with Crippen LogP contribution in [0.1, 0.15) is 48.9 Å². The summed E-state index contributed by atoms with van der Waals surface area (Å²) in [5.41, 5.74) is 6.69. The fraction of sp³-hybridized carbons (Fsp3) is 0.188. The number of rotatable bonds is 10. The minimum absolute atomic E-state index is 0.677. The van der Waals surface area contributed by atoms with Crippen molar-refractivity contribution in [2.75, 3.05) is 13.2 Å². The molecule has 0 aliphatic heterocycles. The number of para-hydroxylation sites is 2. The molecule has 0 atom stereocenters. The lowest BCUT2D eigenvalue weighted by Gasteiger charge is -2.22. The van der Waals surface area contributed by atoms with E-state index in [4.69, 9.17) is 9.47 Å². The normalized spacial score (nSPS) is 11.6. The monoisotopic (exact) mass is 448 g/mol. The molecule has 0 heterocycles. The first-order valence-electron chi connectivity index (χ1n) is 12.1. The van der Waals surface area contributed by atoms with Gasteiger partial charge in [-0.2, -0.15) is 0 Å². The van der Waals surface area contributed by atoms with Crippen LogP contribution < -0.4 is 9.47 Å². The van der Waals surface area contributed by atoms with E-state index in [1.54, 1.807) is 0 Å². The lowest BCUT2D eigenvalue weighted by atomic mass is 9.85. The third-order valence-electron chi connectivity index (χ3n) is 5.61. The van der Waals surface area contributed by atoms with Crippen LogP contribution >= 0.6 is 0 Å². The molecule has 0 radical (unpaired) electrons. The van der Waals surface area contributed by atoms with Crippen molar-refractivity contribution in [3.8, 4) is 11.5 Å². The summed E-state index contributed by atoms with van der Waals surface area (Å²) < 4.78 is 12.5. The number of ether oxygens (including phenoxy) is 2. The van der Waals surface area contributed by atoms with E-state index >= 15 is 0 Å². The molecule has 0 aromatic heterocycles. The fourth-order valence-corrected chi connectivity index (χ4v) is 4.10. The Morgan fingerprint density at radius 1 is 0.471 bits per heavy atom. The first-order valence-corrected chi connectivity index (χ1v) is 12.1. The molecular formula is C32H32O2. The van der Waals surface area contributed by atoms with Crippen LogP contribution in [0.3, 0.4) is 0 Å². The standard InChI is InChI=1S/C32H32O2/c1-3-23-33-29-21-13-11-19-27(29)31(25-15-7-5-8-16-25)32(26-17-9-6-10-18-26)28-20-12-14-22-30(28)34-24-4-2/h5-22H,3-4,23-24H2,1-2H3. The van der Waals surface area contributed by atoms with Crippen molar-refractivity contribution in [2.24, 2.45) is 0 Å². The summed E-state index contributed by atoms with van der Waals surface area (Å²) in [7, 11) is 0. The van der Waals surface area contributed by atoms with Crippen molar-refractivity contribution >= 4 is 11.1 Å². The third-order valence-corrected chi connectivity index (χ3v) is 5.61. The van der Waals surface area contributed by atoms with Gasteiger partial charge in [-0.05, 0) is 36.1 Å². The maximum Gasteiger partial charge on any atom is 0.127 e. The highest BCUT2D eigenvalue weighted by Gasteiger charge is 2.21. The van der Waals surface area contributed by atoms with E-state index in [1.165, 1.54) is 0 Å². The molecule has 0 fully saturated rings. The zero-order valence-corrected chi connectivity index (χ0v) is 20.0. The lowest BCUT2D eigenvalue weighted by molar-refractivity contribution is 0.316. The quantitative estimate of drug-likeness (QED) is 0.227. The van der Waals surface area contributed by atoms with Crippen LogP contribution in [-0.2, 0) is 0 Å². The molecule has 0 saturated carbocycles. The van der Waals surface area contributed by atoms with Crippen molar-refractivity contribution in [3.63, 3.8) is 0 Å². The Morgan fingerprint density at radius 2 is 0.824 bits per heavy atom.